The van der Waals surface area contributed by atoms with Gasteiger partial charge in [-0.25, -0.2) is 4.79 Å². The second kappa shape index (κ2) is 6.89. The van der Waals surface area contributed by atoms with E-state index in [1.165, 1.54) is 6.39 Å². The summed E-state index contributed by atoms with van der Waals surface area (Å²) in [5.74, 6) is 0.712. The molecule has 1 aromatic heterocycles. The van der Waals surface area contributed by atoms with Crippen molar-refractivity contribution in [1.29, 1.82) is 0 Å². The van der Waals surface area contributed by atoms with E-state index in [2.05, 4.69) is 25.3 Å². The van der Waals surface area contributed by atoms with Gasteiger partial charge in [0.2, 0.25) is 6.39 Å². The molecule has 1 aromatic rings. The van der Waals surface area contributed by atoms with Crippen LogP contribution in [0, 0.1) is 0 Å². The summed E-state index contributed by atoms with van der Waals surface area (Å²) in [4.78, 5) is 15.7. The zero-order valence-corrected chi connectivity index (χ0v) is 12.9. The molecule has 1 aliphatic carbocycles. The van der Waals surface area contributed by atoms with Gasteiger partial charge in [0.05, 0.1) is 0 Å². The standard InChI is InChI=1S/C14H24N4O3/c1-14(2,3)21-13(19)17-11-5-4-10(8-11)15-7-6-12-16-9-20-18-12/h9-11,15H,4-8H2,1-3H3,(H,17,19). The highest BCUT2D eigenvalue weighted by Gasteiger charge is 2.27. The van der Waals surface area contributed by atoms with Crippen LogP contribution in [0.15, 0.2) is 10.9 Å². The van der Waals surface area contributed by atoms with E-state index in [1.54, 1.807) is 0 Å². The van der Waals surface area contributed by atoms with Crippen LogP contribution in [0.3, 0.4) is 0 Å². The quantitative estimate of drug-likeness (QED) is 0.858. The monoisotopic (exact) mass is 296 g/mol. The summed E-state index contributed by atoms with van der Waals surface area (Å²) in [5, 5.41) is 10.2. The Balaban J connectivity index is 1.63. The van der Waals surface area contributed by atoms with E-state index in [4.69, 9.17) is 4.74 Å². The molecular formula is C14H24N4O3. The maximum atomic E-state index is 11.7. The molecule has 2 atom stereocenters. The first-order chi connectivity index (χ1) is 9.92. The fourth-order valence-electron chi connectivity index (χ4n) is 2.46. The number of nitrogens with one attached hydrogen (secondary N) is 2. The van der Waals surface area contributed by atoms with Crippen molar-refractivity contribution in [2.75, 3.05) is 6.54 Å². The lowest BCUT2D eigenvalue weighted by Crippen LogP contribution is -2.39. The molecule has 2 N–H and O–H groups in total. The first-order valence-corrected chi connectivity index (χ1v) is 7.40. The van der Waals surface area contributed by atoms with Crippen LogP contribution < -0.4 is 10.6 Å². The molecule has 7 nitrogen and oxygen atoms in total. The molecule has 0 aromatic carbocycles. The Morgan fingerprint density at radius 2 is 2.19 bits per heavy atom. The van der Waals surface area contributed by atoms with Crippen LogP contribution in [0.5, 0.6) is 0 Å². The van der Waals surface area contributed by atoms with Crippen LogP contribution in [0.1, 0.15) is 45.9 Å². The number of carbonyl (C=O) groups is 1. The number of rotatable bonds is 5. The highest BCUT2D eigenvalue weighted by Crippen LogP contribution is 2.19. The number of carbonyl (C=O) groups excluding carboxylic acids is 1. The number of alkyl carbamates (subject to hydrolysis) is 1. The Hall–Kier alpha value is -1.63. The van der Waals surface area contributed by atoms with Crippen molar-refractivity contribution in [3.63, 3.8) is 0 Å². The fraction of sp³-hybridized carbons (Fsp3) is 0.786. The van der Waals surface area contributed by atoms with Gasteiger partial charge in [0.1, 0.15) is 5.60 Å². The summed E-state index contributed by atoms with van der Waals surface area (Å²) in [6.45, 7) is 6.40. The minimum Gasteiger partial charge on any atom is -0.444 e. The largest absolute Gasteiger partial charge is 0.444 e. The molecule has 21 heavy (non-hydrogen) atoms. The lowest BCUT2D eigenvalue weighted by atomic mass is 10.2. The summed E-state index contributed by atoms with van der Waals surface area (Å²) in [5.41, 5.74) is -0.453. The molecule has 1 saturated carbocycles. The number of amides is 1. The van der Waals surface area contributed by atoms with Crippen molar-refractivity contribution in [3.8, 4) is 0 Å². The van der Waals surface area contributed by atoms with Crippen LogP contribution in [-0.2, 0) is 11.2 Å². The van der Waals surface area contributed by atoms with Crippen molar-refractivity contribution in [2.24, 2.45) is 0 Å². The highest BCUT2D eigenvalue weighted by molar-refractivity contribution is 5.68. The summed E-state index contributed by atoms with van der Waals surface area (Å²) in [6, 6.07) is 0.597. The summed E-state index contributed by atoms with van der Waals surface area (Å²) in [7, 11) is 0. The maximum absolute atomic E-state index is 11.7. The molecule has 0 bridgehead atoms. The van der Waals surface area contributed by atoms with E-state index in [0.717, 1.165) is 32.2 Å². The minimum absolute atomic E-state index is 0.183. The van der Waals surface area contributed by atoms with Crippen molar-refractivity contribution in [2.45, 2.75) is 64.1 Å². The first kappa shape index (κ1) is 15.8. The van der Waals surface area contributed by atoms with Gasteiger partial charge >= 0.3 is 6.09 Å². The molecule has 2 rings (SSSR count). The normalized spacial score (nSPS) is 22.2. The number of ether oxygens (including phenoxy) is 1. The fourth-order valence-corrected chi connectivity index (χ4v) is 2.46. The Kier molecular flexibility index (Phi) is 5.17. The molecular weight excluding hydrogens is 272 g/mol. The Morgan fingerprint density at radius 3 is 2.86 bits per heavy atom. The number of aromatic nitrogens is 2. The lowest BCUT2D eigenvalue weighted by molar-refractivity contribution is 0.0505. The van der Waals surface area contributed by atoms with Gasteiger partial charge in [0, 0.05) is 25.0 Å². The average molecular weight is 296 g/mol. The van der Waals surface area contributed by atoms with Gasteiger partial charge in [-0.1, -0.05) is 5.16 Å². The molecule has 1 heterocycles. The predicted octanol–water partition coefficient (Wildman–Crippen LogP) is 1.65. The summed E-state index contributed by atoms with van der Waals surface area (Å²) >= 11 is 0. The van der Waals surface area contributed by atoms with E-state index in [-0.39, 0.29) is 12.1 Å². The molecule has 0 spiro atoms. The molecule has 1 fully saturated rings. The Morgan fingerprint density at radius 1 is 1.43 bits per heavy atom. The van der Waals surface area contributed by atoms with Crippen molar-refractivity contribution in [1.82, 2.24) is 20.8 Å². The van der Waals surface area contributed by atoms with E-state index >= 15 is 0 Å². The zero-order valence-electron chi connectivity index (χ0n) is 12.9. The van der Waals surface area contributed by atoms with Gasteiger partial charge in [0.25, 0.3) is 0 Å². The first-order valence-electron chi connectivity index (χ1n) is 7.40. The van der Waals surface area contributed by atoms with Gasteiger partial charge in [-0.2, -0.15) is 4.98 Å². The van der Waals surface area contributed by atoms with E-state index in [0.29, 0.717) is 11.9 Å². The number of hydrogen-bond acceptors (Lipinski definition) is 6. The van der Waals surface area contributed by atoms with Gasteiger partial charge in [0.15, 0.2) is 5.82 Å². The second-order valence-corrected chi connectivity index (χ2v) is 6.40. The number of hydrogen-bond donors (Lipinski definition) is 2. The molecule has 118 valence electrons. The second-order valence-electron chi connectivity index (χ2n) is 6.40. The van der Waals surface area contributed by atoms with Crippen molar-refractivity contribution >= 4 is 6.09 Å². The third-order valence-corrected chi connectivity index (χ3v) is 3.34. The topological polar surface area (TPSA) is 89.3 Å². The third kappa shape index (κ3) is 5.71. The average Bonchev–Trinajstić information content (AvgIpc) is 2.98. The molecule has 0 radical (unpaired) electrons. The maximum Gasteiger partial charge on any atom is 0.407 e. The zero-order chi connectivity index (χ0) is 15.3. The molecule has 1 aliphatic rings. The molecule has 0 saturated heterocycles. The molecule has 0 aliphatic heterocycles. The van der Waals surface area contributed by atoms with Gasteiger partial charge < -0.3 is 19.9 Å². The Labute approximate surface area is 124 Å². The van der Waals surface area contributed by atoms with Crippen LogP contribution in [0.4, 0.5) is 4.79 Å². The highest BCUT2D eigenvalue weighted by atomic mass is 16.6. The van der Waals surface area contributed by atoms with Gasteiger partial charge in [-0.15, -0.1) is 0 Å². The van der Waals surface area contributed by atoms with Crippen LogP contribution in [-0.4, -0.2) is 40.5 Å². The van der Waals surface area contributed by atoms with Crippen LogP contribution in [0.25, 0.3) is 0 Å². The van der Waals surface area contributed by atoms with Crippen molar-refractivity contribution in [3.05, 3.63) is 12.2 Å². The number of nitrogens with zero attached hydrogens (tertiary/aromatic N) is 2. The lowest BCUT2D eigenvalue weighted by Gasteiger charge is -2.21. The summed E-state index contributed by atoms with van der Waals surface area (Å²) < 4.78 is 9.95. The predicted molar refractivity (Wildman–Crippen MR) is 76.8 cm³/mol. The smallest absolute Gasteiger partial charge is 0.407 e. The Bertz CT molecular complexity index is 442. The van der Waals surface area contributed by atoms with Crippen molar-refractivity contribution < 1.29 is 14.1 Å². The van der Waals surface area contributed by atoms with Gasteiger partial charge in [-0.3, -0.25) is 0 Å². The van der Waals surface area contributed by atoms with Crippen LogP contribution in [0.2, 0.25) is 0 Å². The van der Waals surface area contributed by atoms with E-state index in [9.17, 15) is 4.79 Å². The van der Waals surface area contributed by atoms with Gasteiger partial charge in [-0.05, 0) is 40.0 Å². The molecule has 7 heteroatoms. The SMILES string of the molecule is CC(C)(C)OC(=O)NC1CCC(NCCc2ncon2)C1. The minimum atomic E-state index is -0.453. The van der Waals surface area contributed by atoms with Crippen LogP contribution >= 0.6 is 0 Å². The van der Waals surface area contributed by atoms with E-state index < -0.39 is 5.60 Å². The molecule has 1 amide bonds. The van der Waals surface area contributed by atoms with E-state index in [1.807, 2.05) is 20.8 Å². The summed E-state index contributed by atoms with van der Waals surface area (Å²) in [6.07, 6.45) is 4.69. The molecule has 2 unspecified atom stereocenters. The third-order valence-electron chi connectivity index (χ3n) is 3.34.